The van der Waals surface area contributed by atoms with E-state index in [0.717, 1.165) is 25.8 Å². The van der Waals surface area contributed by atoms with Crippen LogP contribution < -0.4 is 5.32 Å². The second-order valence-electron chi connectivity index (χ2n) is 4.15. The van der Waals surface area contributed by atoms with E-state index in [4.69, 9.17) is 5.11 Å². The molecule has 0 aliphatic carbocycles. The Morgan fingerprint density at radius 1 is 1.50 bits per heavy atom. The maximum atomic E-state index is 11.8. The largest absolute Gasteiger partial charge is 0.480 e. The summed E-state index contributed by atoms with van der Waals surface area (Å²) >= 11 is 0. The van der Waals surface area contributed by atoms with E-state index in [-0.39, 0.29) is 12.1 Å². The molecule has 2 N–H and O–H groups in total. The fourth-order valence-corrected chi connectivity index (χ4v) is 2.10. The van der Waals surface area contributed by atoms with Crippen LogP contribution in [-0.2, 0) is 4.79 Å². The number of aliphatic carboxylic acids is 1. The Kier molecular flexibility index (Phi) is 4.58. The molecule has 0 aromatic carbocycles. The number of hydrogen-bond donors (Lipinski definition) is 2. The van der Waals surface area contributed by atoms with Gasteiger partial charge in [-0.15, -0.1) is 0 Å². The molecule has 0 radical (unpaired) electrons. The average Bonchev–Trinajstić information content (AvgIpc) is 2.72. The Hall–Kier alpha value is -1.26. The van der Waals surface area contributed by atoms with E-state index in [1.165, 1.54) is 0 Å². The topological polar surface area (TPSA) is 69.6 Å². The summed E-state index contributed by atoms with van der Waals surface area (Å²) < 4.78 is 0. The molecule has 1 saturated heterocycles. The second-order valence-corrected chi connectivity index (χ2v) is 4.15. The molecular formula is C11H20N2O3. The maximum Gasteiger partial charge on any atom is 0.326 e. The van der Waals surface area contributed by atoms with Crippen LogP contribution in [0.15, 0.2) is 0 Å². The van der Waals surface area contributed by atoms with Crippen molar-refractivity contribution in [1.29, 1.82) is 0 Å². The number of carboxylic acid groups (broad SMARTS) is 1. The van der Waals surface area contributed by atoms with Gasteiger partial charge in [-0.05, 0) is 25.7 Å². The van der Waals surface area contributed by atoms with Crippen molar-refractivity contribution in [2.75, 3.05) is 6.54 Å². The number of nitrogens with zero attached hydrogens (tertiary/aromatic N) is 1. The van der Waals surface area contributed by atoms with Gasteiger partial charge in [-0.25, -0.2) is 9.59 Å². The summed E-state index contributed by atoms with van der Waals surface area (Å²) in [6.45, 7) is 4.53. The highest BCUT2D eigenvalue weighted by atomic mass is 16.4. The first kappa shape index (κ1) is 12.8. The van der Waals surface area contributed by atoms with Gasteiger partial charge in [0.25, 0.3) is 0 Å². The molecule has 0 saturated carbocycles. The van der Waals surface area contributed by atoms with Crippen LogP contribution in [0.5, 0.6) is 0 Å². The number of carbonyl (C=O) groups is 2. The number of nitrogens with one attached hydrogen (secondary N) is 1. The van der Waals surface area contributed by atoms with Crippen LogP contribution in [0.4, 0.5) is 4.79 Å². The lowest BCUT2D eigenvalue weighted by Crippen LogP contribution is -2.49. The van der Waals surface area contributed by atoms with E-state index in [1.54, 1.807) is 11.8 Å². The van der Waals surface area contributed by atoms with E-state index in [0.29, 0.717) is 6.42 Å². The fourth-order valence-electron chi connectivity index (χ4n) is 2.10. The zero-order chi connectivity index (χ0) is 12.1. The van der Waals surface area contributed by atoms with Crippen LogP contribution in [0, 0.1) is 0 Å². The summed E-state index contributed by atoms with van der Waals surface area (Å²) in [6.07, 6.45) is 3.37. The maximum absolute atomic E-state index is 11.8. The molecule has 1 unspecified atom stereocenters. The number of rotatable bonds is 4. The van der Waals surface area contributed by atoms with Crippen molar-refractivity contribution in [3.8, 4) is 0 Å². The third kappa shape index (κ3) is 2.87. The molecule has 5 heteroatoms. The standard InChI is InChI=1S/C11H20N2O3/c1-3-8-6-5-7-13(8)11(16)12-9(4-2)10(14)15/h8-9H,3-7H2,1-2H3,(H,12,16)(H,14,15)/t8?,9-/m0/s1. The van der Waals surface area contributed by atoms with Crippen LogP contribution in [0.2, 0.25) is 0 Å². The first-order chi connectivity index (χ1) is 7.60. The molecule has 16 heavy (non-hydrogen) atoms. The van der Waals surface area contributed by atoms with Gasteiger partial charge in [-0.2, -0.15) is 0 Å². The van der Waals surface area contributed by atoms with Crippen LogP contribution in [0.25, 0.3) is 0 Å². The smallest absolute Gasteiger partial charge is 0.326 e. The fraction of sp³-hybridized carbons (Fsp3) is 0.818. The summed E-state index contributed by atoms with van der Waals surface area (Å²) in [7, 11) is 0. The average molecular weight is 228 g/mol. The van der Waals surface area contributed by atoms with Gasteiger partial charge in [-0.3, -0.25) is 0 Å². The quantitative estimate of drug-likeness (QED) is 0.764. The Balaban J connectivity index is 2.54. The normalized spacial score (nSPS) is 21.9. The van der Waals surface area contributed by atoms with Crippen molar-refractivity contribution in [1.82, 2.24) is 10.2 Å². The molecule has 1 aliphatic rings. The van der Waals surface area contributed by atoms with E-state index < -0.39 is 12.0 Å². The molecule has 1 heterocycles. The molecule has 5 nitrogen and oxygen atoms in total. The lowest BCUT2D eigenvalue weighted by atomic mass is 10.2. The van der Waals surface area contributed by atoms with Crippen LogP contribution in [-0.4, -0.2) is 40.6 Å². The summed E-state index contributed by atoms with van der Waals surface area (Å²) in [5.74, 6) is -0.969. The summed E-state index contributed by atoms with van der Waals surface area (Å²) in [4.78, 5) is 24.4. The first-order valence-electron chi connectivity index (χ1n) is 5.90. The molecule has 92 valence electrons. The van der Waals surface area contributed by atoms with E-state index in [9.17, 15) is 9.59 Å². The first-order valence-corrected chi connectivity index (χ1v) is 5.90. The van der Waals surface area contributed by atoms with Gasteiger partial charge in [0.15, 0.2) is 0 Å². The lowest BCUT2D eigenvalue weighted by molar-refractivity contribution is -0.139. The minimum atomic E-state index is -0.969. The highest BCUT2D eigenvalue weighted by Crippen LogP contribution is 2.19. The molecule has 1 rings (SSSR count). The van der Waals surface area contributed by atoms with Crippen molar-refractivity contribution in [3.63, 3.8) is 0 Å². The van der Waals surface area contributed by atoms with Gasteiger partial charge in [-0.1, -0.05) is 13.8 Å². The van der Waals surface area contributed by atoms with Crippen molar-refractivity contribution in [3.05, 3.63) is 0 Å². The van der Waals surface area contributed by atoms with Gasteiger partial charge >= 0.3 is 12.0 Å². The Morgan fingerprint density at radius 2 is 2.19 bits per heavy atom. The van der Waals surface area contributed by atoms with Crippen molar-refractivity contribution in [2.24, 2.45) is 0 Å². The van der Waals surface area contributed by atoms with E-state index in [1.807, 2.05) is 6.92 Å². The molecule has 2 amide bonds. The van der Waals surface area contributed by atoms with Crippen LogP contribution >= 0.6 is 0 Å². The van der Waals surface area contributed by atoms with Gasteiger partial charge in [0, 0.05) is 12.6 Å². The SMILES string of the molecule is CCC1CCCN1C(=O)N[C@@H](CC)C(=O)O. The van der Waals surface area contributed by atoms with Crippen LogP contribution in [0.1, 0.15) is 39.5 Å². The molecule has 0 aromatic rings. The molecule has 0 bridgehead atoms. The van der Waals surface area contributed by atoms with Gasteiger partial charge in [0.05, 0.1) is 0 Å². The molecule has 0 spiro atoms. The predicted octanol–water partition coefficient (Wildman–Crippen LogP) is 1.43. The van der Waals surface area contributed by atoms with Crippen LogP contribution in [0.3, 0.4) is 0 Å². The van der Waals surface area contributed by atoms with Gasteiger partial charge in [0.2, 0.25) is 0 Å². The van der Waals surface area contributed by atoms with E-state index in [2.05, 4.69) is 5.32 Å². The predicted molar refractivity (Wildman–Crippen MR) is 60.3 cm³/mol. The zero-order valence-electron chi connectivity index (χ0n) is 9.90. The summed E-state index contributed by atoms with van der Waals surface area (Å²) in [6, 6.07) is -0.740. The highest BCUT2D eigenvalue weighted by molar-refractivity contribution is 5.82. The number of amides is 2. The minimum Gasteiger partial charge on any atom is -0.480 e. The van der Waals surface area contributed by atoms with E-state index >= 15 is 0 Å². The number of urea groups is 1. The minimum absolute atomic E-state index is 0.237. The molecule has 0 aromatic heterocycles. The third-order valence-electron chi connectivity index (χ3n) is 3.11. The van der Waals surface area contributed by atoms with Crippen molar-refractivity contribution in [2.45, 2.75) is 51.6 Å². The number of carbonyl (C=O) groups excluding carboxylic acids is 1. The van der Waals surface area contributed by atoms with Gasteiger partial charge in [0.1, 0.15) is 6.04 Å². The Labute approximate surface area is 95.8 Å². The molecular weight excluding hydrogens is 208 g/mol. The number of likely N-dealkylation sites (tertiary alicyclic amines) is 1. The highest BCUT2D eigenvalue weighted by Gasteiger charge is 2.29. The Morgan fingerprint density at radius 3 is 2.69 bits per heavy atom. The second kappa shape index (κ2) is 5.72. The Bertz CT molecular complexity index is 268. The molecule has 1 fully saturated rings. The summed E-state index contributed by atoms with van der Waals surface area (Å²) in [5, 5.41) is 11.4. The zero-order valence-corrected chi connectivity index (χ0v) is 9.90. The number of hydrogen-bond acceptors (Lipinski definition) is 2. The summed E-state index contributed by atoms with van der Waals surface area (Å²) in [5.41, 5.74) is 0. The van der Waals surface area contributed by atoms with Gasteiger partial charge < -0.3 is 15.3 Å². The monoisotopic (exact) mass is 228 g/mol. The molecule has 2 atom stereocenters. The lowest BCUT2D eigenvalue weighted by Gasteiger charge is -2.25. The molecule has 1 aliphatic heterocycles. The van der Waals surface area contributed by atoms with Crippen molar-refractivity contribution >= 4 is 12.0 Å². The number of carboxylic acids is 1. The third-order valence-corrected chi connectivity index (χ3v) is 3.11. The van der Waals surface area contributed by atoms with Crippen molar-refractivity contribution < 1.29 is 14.7 Å².